The molecule has 2 amide bonds. The molecule has 1 aromatic heterocycles. The minimum atomic E-state index is -0.0138. The van der Waals surface area contributed by atoms with Crippen LogP contribution in [0.1, 0.15) is 19.4 Å². The Bertz CT molecular complexity index is 832. The van der Waals surface area contributed by atoms with Crippen LogP contribution in [0.2, 0.25) is 0 Å². The number of nitrogens with one attached hydrogen (secondary N) is 1. The van der Waals surface area contributed by atoms with Crippen LogP contribution in [-0.4, -0.2) is 74.9 Å². The van der Waals surface area contributed by atoms with E-state index in [-0.39, 0.29) is 11.8 Å². The highest BCUT2D eigenvalue weighted by molar-refractivity contribution is 7.99. The van der Waals surface area contributed by atoms with Crippen molar-refractivity contribution in [1.82, 2.24) is 24.6 Å². The summed E-state index contributed by atoms with van der Waals surface area (Å²) in [6.07, 6.45) is 2.55. The van der Waals surface area contributed by atoms with E-state index in [1.807, 2.05) is 40.7 Å². The third-order valence-electron chi connectivity index (χ3n) is 5.01. The van der Waals surface area contributed by atoms with Gasteiger partial charge < -0.3 is 14.8 Å². The van der Waals surface area contributed by atoms with E-state index in [2.05, 4.69) is 27.3 Å². The molecule has 1 saturated heterocycles. The largest absolute Gasteiger partial charge is 0.339 e. The van der Waals surface area contributed by atoms with Gasteiger partial charge in [-0.3, -0.25) is 14.5 Å². The number of hydrogen-bond donors (Lipinski definition) is 1. The summed E-state index contributed by atoms with van der Waals surface area (Å²) in [5.41, 5.74) is 2.01. The summed E-state index contributed by atoms with van der Waals surface area (Å²) in [5, 5.41) is 11.7. The lowest BCUT2D eigenvalue weighted by Crippen LogP contribution is -2.50. The average molecular weight is 417 g/mol. The number of aryl methyl sites for hydroxylation is 2. The Hall–Kier alpha value is -2.39. The lowest BCUT2D eigenvalue weighted by atomic mass is 10.1. The van der Waals surface area contributed by atoms with Crippen LogP contribution in [0.25, 0.3) is 0 Å². The second-order valence-corrected chi connectivity index (χ2v) is 7.85. The number of carbonyl (C=O) groups excluding carboxylic acids is 2. The van der Waals surface area contributed by atoms with Crippen molar-refractivity contribution in [2.24, 2.45) is 0 Å². The van der Waals surface area contributed by atoms with Gasteiger partial charge in [0.2, 0.25) is 11.8 Å². The molecule has 2 aromatic rings. The summed E-state index contributed by atoms with van der Waals surface area (Å²) in [4.78, 5) is 28.8. The molecule has 0 unspecified atom stereocenters. The Morgan fingerprint density at radius 3 is 2.62 bits per heavy atom. The summed E-state index contributed by atoms with van der Waals surface area (Å²) < 4.78 is 1.92. The highest BCUT2D eigenvalue weighted by atomic mass is 32.2. The number of anilines is 1. The third-order valence-corrected chi connectivity index (χ3v) is 5.98. The summed E-state index contributed by atoms with van der Waals surface area (Å²) in [6, 6.07) is 7.88. The van der Waals surface area contributed by atoms with Crippen LogP contribution in [0.3, 0.4) is 0 Å². The smallest absolute Gasteiger partial charge is 0.238 e. The molecule has 0 bridgehead atoms. The maximum Gasteiger partial charge on any atom is 0.238 e. The highest BCUT2D eigenvalue weighted by Crippen LogP contribution is 2.17. The number of rotatable bonds is 8. The van der Waals surface area contributed by atoms with E-state index in [1.54, 1.807) is 6.33 Å². The molecule has 1 aliphatic rings. The van der Waals surface area contributed by atoms with Gasteiger partial charge in [-0.15, -0.1) is 10.2 Å². The van der Waals surface area contributed by atoms with Crippen molar-refractivity contribution in [1.29, 1.82) is 0 Å². The molecule has 0 spiro atoms. The quantitative estimate of drug-likeness (QED) is 0.660. The monoisotopic (exact) mass is 416 g/mol. The van der Waals surface area contributed by atoms with Crippen LogP contribution in [0.15, 0.2) is 35.7 Å². The van der Waals surface area contributed by atoms with Crippen molar-refractivity contribution < 1.29 is 9.59 Å². The van der Waals surface area contributed by atoms with Gasteiger partial charge in [-0.25, -0.2) is 0 Å². The minimum absolute atomic E-state index is 0.0138. The number of para-hydroxylation sites is 1. The molecule has 0 atom stereocenters. The summed E-state index contributed by atoms with van der Waals surface area (Å²) in [6.45, 7) is 7.89. The Morgan fingerprint density at radius 1 is 1.14 bits per heavy atom. The Kier molecular flexibility index (Phi) is 7.65. The van der Waals surface area contributed by atoms with Crippen LogP contribution in [0.4, 0.5) is 5.69 Å². The van der Waals surface area contributed by atoms with Crippen molar-refractivity contribution in [3.63, 3.8) is 0 Å². The Morgan fingerprint density at radius 2 is 1.90 bits per heavy atom. The van der Waals surface area contributed by atoms with Crippen molar-refractivity contribution in [2.75, 3.05) is 43.8 Å². The van der Waals surface area contributed by atoms with Gasteiger partial charge in [0, 0.05) is 38.4 Å². The van der Waals surface area contributed by atoms with E-state index in [4.69, 9.17) is 0 Å². The Labute approximate surface area is 175 Å². The zero-order valence-electron chi connectivity index (χ0n) is 17.0. The van der Waals surface area contributed by atoms with Crippen molar-refractivity contribution >= 4 is 29.3 Å². The van der Waals surface area contributed by atoms with Gasteiger partial charge in [0.25, 0.3) is 0 Å². The SMILES string of the molecule is CCc1ccccc1NC(=O)CN1CCN(C(=O)CSc2nncn2CC)CC1. The van der Waals surface area contributed by atoms with E-state index in [0.29, 0.717) is 38.5 Å². The van der Waals surface area contributed by atoms with Gasteiger partial charge in [-0.05, 0) is 25.0 Å². The fourth-order valence-electron chi connectivity index (χ4n) is 3.29. The lowest BCUT2D eigenvalue weighted by molar-refractivity contribution is -0.130. The fourth-order valence-corrected chi connectivity index (χ4v) is 4.17. The fraction of sp³-hybridized carbons (Fsp3) is 0.500. The van der Waals surface area contributed by atoms with Crippen molar-refractivity contribution in [3.8, 4) is 0 Å². The van der Waals surface area contributed by atoms with Crippen LogP contribution in [0.5, 0.6) is 0 Å². The van der Waals surface area contributed by atoms with Gasteiger partial charge in [0.05, 0.1) is 12.3 Å². The van der Waals surface area contributed by atoms with Gasteiger partial charge in [-0.1, -0.05) is 36.9 Å². The normalized spacial score (nSPS) is 14.8. The maximum absolute atomic E-state index is 12.5. The predicted octanol–water partition coefficient (Wildman–Crippen LogP) is 1.74. The molecule has 8 nitrogen and oxygen atoms in total. The topological polar surface area (TPSA) is 83.4 Å². The summed E-state index contributed by atoms with van der Waals surface area (Å²) >= 11 is 1.42. The number of carbonyl (C=O) groups is 2. The standard InChI is InChI=1S/C20H28N6O2S/c1-3-16-7-5-6-8-17(16)22-18(27)13-24-9-11-26(12-10-24)19(28)14-29-20-23-21-15-25(20)4-2/h5-8,15H,3-4,9-14H2,1-2H3,(H,22,27). The highest BCUT2D eigenvalue weighted by Gasteiger charge is 2.23. The molecule has 1 aromatic carbocycles. The number of hydrogen-bond acceptors (Lipinski definition) is 6. The number of benzene rings is 1. The van der Waals surface area contributed by atoms with Crippen LogP contribution in [0, 0.1) is 0 Å². The van der Waals surface area contributed by atoms with Crippen LogP contribution < -0.4 is 5.32 Å². The van der Waals surface area contributed by atoms with Gasteiger partial charge in [0.1, 0.15) is 6.33 Å². The third kappa shape index (κ3) is 5.80. The van der Waals surface area contributed by atoms with Gasteiger partial charge in [0.15, 0.2) is 5.16 Å². The first-order valence-electron chi connectivity index (χ1n) is 9.99. The number of piperazine rings is 1. The number of nitrogens with zero attached hydrogens (tertiary/aromatic N) is 5. The number of aromatic nitrogens is 3. The van der Waals surface area contributed by atoms with E-state index in [0.717, 1.165) is 29.4 Å². The summed E-state index contributed by atoms with van der Waals surface area (Å²) in [7, 11) is 0. The molecule has 29 heavy (non-hydrogen) atoms. The summed E-state index contributed by atoms with van der Waals surface area (Å²) in [5.74, 6) is 0.439. The first kappa shape index (κ1) is 21.3. The van der Waals surface area contributed by atoms with E-state index in [9.17, 15) is 9.59 Å². The molecular weight excluding hydrogens is 388 g/mol. The number of thioether (sulfide) groups is 1. The molecule has 1 aliphatic heterocycles. The molecule has 0 aliphatic carbocycles. The first-order chi connectivity index (χ1) is 14.1. The van der Waals surface area contributed by atoms with E-state index >= 15 is 0 Å². The molecule has 9 heteroatoms. The molecular formula is C20H28N6O2S. The lowest BCUT2D eigenvalue weighted by Gasteiger charge is -2.34. The van der Waals surface area contributed by atoms with E-state index in [1.165, 1.54) is 11.8 Å². The number of amides is 2. The van der Waals surface area contributed by atoms with Crippen molar-refractivity contribution in [2.45, 2.75) is 32.0 Å². The molecule has 156 valence electrons. The second-order valence-electron chi connectivity index (χ2n) is 6.90. The predicted molar refractivity (Wildman–Crippen MR) is 114 cm³/mol. The zero-order valence-corrected chi connectivity index (χ0v) is 17.8. The maximum atomic E-state index is 12.5. The molecule has 0 saturated carbocycles. The van der Waals surface area contributed by atoms with Gasteiger partial charge in [-0.2, -0.15) is 0 Å². The minimum Gasteiger partial charge on any atom is -0.339 e. The molecule has 1 N–H and O–H groups in total. The van der Waals surface area contributed by atoms with E-state index < -0.39 is 0 Å². The zero-order chi connectivity index (χ0) is 20.6. The second kappa shape index (κ2) is 10.4. The first-order valence-corrected chi connectivity index (χ1v) is 11.0. The van der Waals surface area contributed by atoms with Crippen molar-refractivity contribution in [3.05, 3.63) is 36.2 Å². The van der Waals surface area contributed by atoms with Crippen LogP contribution >= 0.6 is 11.8 Å². The Balaban J connectivity index is 1.41. The molecule has 2 heterocycles. The molecule has 3 rings (SSSR count). The average Bonchev–Trinajstić information content (AvgIpc) is 3.20. The molecule has 1 fully saturated rings. The van der Waals surface area contributed by atoms with Gasteiger partial charge >= 0.3 is 0 Å². The van der Waals surface area contributed by atoms with Crippen LogP contribution in [-0.2, 0) is 22.6 Å². The molecule has 0 radical (unpaired) electrons.